The van der Waals surface area contributed by atoms with E-state index >= 15 is 0 Å². The van der Waals surface area contributed by atoms with Gasteiger partial charge in [0.25, 0.3) is 0 Å². The molecule has 0 aliphatic rings. The van der Waals surface area contributed by atoms with Gasteiger partial charge in [-0.25, -0.2) is 0 Å². The van der Waals surface area contributed by atoms with Gasteiger partial charge in [0.2, 0.25) is 0 Å². The Bertz CT molecular complexity index is 266. The van der Waals surface area contributed by atoms with Crippen LogP contribution in [0, 0.1) is 5.92 Å². The molecular formula is C13H20ClN. The lowest BCUT2D eigenvalue weighted by Crippen LogP contribution is -2.15. The number of hydrogen-bond donors (Lipinski definition) is 1. The van der Waals surface area contributed by atoms with Crippen molar-refractivity contribution in [2.24, 2.45) is 5.92 Å². The Kier molecular flexibility index (Phi) is 5.74. The second-order valence-electron chi connectivity index (χ2n) is 4.28. The largest absolute Gasteiger partial charge is 0.311 e. The number of benzene rings is 1. The minimum atomic E-state index is 0.672. The van der Waals surface area contributed by atoms with Crippen LogP contribution in [0.5, 0.6) is 0 Å². The Balaban J connectivity index is 2.42. The molecule has 0 heterocycles. The quantitative estimate of drug-likeness (QED) is 0.579. The van der Waals surface area contributed by atoms with Crippen molar-refractivity contribution in [1.29, 1.82) is 0 Å². The second kappa shape index (κ2) is 6.86. The van der Waals surface area contributed by atoms with Gasteiger partial charge in [-0.3, -0.25) is 0 Å². The summed E-state index contributed by atoms with van der Waals surface area (Å²) in [7, 11) is 0. The first-order chi connectivity index (χ1) is 7.22. The van der Waals surface area contributed by atoms with Gasteiger partial charge in [0.15, 0.2) is 0 Å². The Morgan fingerprint density at radius 3 is 2.27 bits per heavy atom. The van der Waals surface area contributed by atoms with Crippen molar-refractivity contribution in [1.82, 2.24) is 5.32 Å². The number of hydrogen-bond acceptors (Lipinski definition) is 1. The normalized spacial score (nSPS) is 10.9. The molecule has 0 aliphatic carbocycles. The van der Waals surface area contributed by atoms with E-state index in [1.165, 1.54) is 11.1 Å². The van der Waals surface area contributed by atoms with Gasteiger partial charge >= 0.3 is 0 Å². The van der Waals surface area contributed by atoms with Crippen molar-refractivity contribution in [3.05, 3.63) is 35.4 Å². The van der Waals surface area contributed by atoms with Crippen LogP contribution in [0.4, 0.5) is 0 Å². The third kappa shape index (κ3) is 5.19. The van der Waals surface area contributed by atoms with E-state index in [9.17, 15) is 0 Å². The molecule has 84 valence electrons. The lowest BCUT2D eigenvalue weighted by atomic mass is 10.0. The maximum absolute atomic E-state index is 5.59. The average Bonchev–Trinajstić information content (AvgIpc) is 2.20. The molecule has 0 radical (unpaired) electrons. The zero-order chi connectivity index (χ0) is 11.1. The molecule has 1 aromatic carbocycles. The fourth-order valence-corrected chi connectivity index (χ4v) is 1.70. The number of alkyl halides is 1. The van der Waals surface area contributed by atoms with Crippen LogP contribution in [0.25, 0.3) is 0 Å². The molecule has 1 N–H and O–H groups in total. The minimum absolute atomic E-state index is 0.672. The Hall–Kier alpha value is -0.530. The van der Waals surface area contributed by atoms with E-state index in [2.05, 4.69) is 43.4 Å². The molecule has 0 saturated carbocycles. The van der Waals surface area contributed by atoms with E-state index in [1.807, 2.05) is 0 Å². The van der Waals surface area contributed by atoms with Crippen LogP contribution >= 0.6 is 11.6 Å². The number of halogens is 1. The van der Waals surface area contributed by atoms with Crippen molar-refractivity contribution in [2.45, 2.75) is 26.8 Å². The highest BCUT2D eigenvalue weighted by Crippen LogP contribution is 2.09. The molecule has 15 heavy (non-hydrogen) atoms. The lowest BCUT2D eigenvalue weighted by molar-refractivity contribution is 0.646. The van der Waals surface area contributed by atoms with Gasteiger partial charge in [0.1, 0.15) is 0 Å². The number of rotatable bonds is 6. The zero-order valence-corrected chi connectivity index (χ0v) is 10.3. The van der Waals surface area contributed by atoms with Crippen molar-refractivity contribution in [2.75, 3.05) is 12.4 Å². The average molecular weight is 226 g/mol. The molecule has 1 rings (SSSR count). The van der Waals surface area contributed by atoms with Gasteiger partial charge in [0.05, 0.1) is 0 Å². The van der Waals surface area contributed by atoms with E-state index < -0.39 is 0 Å². The number of nitrogens with one attached hydrogen (secondary N) is 1. The van der Waals surface area contributed by atoms with E-state index in [-0.39, 0.29) is 0 Å². The van der Waals surface area contributed by atoms with Crippen LogP contribution in [-0.4, -0.2) is 12.4 Å². The van der Waals surface area contributed by atoms with Crippen molar-refractivity contribution < 1.29 is 0 Å². The standard InChI is InChI=1S/C13H20ClN/c1-11(2)9-12-3-5-13(6-4-12)10-15-8-7-14/h3-6,11,15H,7-10H2,1-2H3. The molecule has 1 nitrogen and oxygen atoms in total. The van der Waals surface area contributed by atoms with Crippen molar-refractivity contribution in [3.8, 4) is 0 Å². The third-order valence-electron chi connectivity index (χ3n) is 2.27. The summed E-state index contributed by atoms with van der Waals surface area (Å²) in [5, 5.41) is 3.28. The summed E-state index contributed by atoms with van der Waals surface area (Å²) in [4.78, 5) is 0. The predicted octanol–water partition coefficient (Wildman–Crippen LogP) is 3.21. The van der Waals surface area contributed by atoms with E-state index in [1.54, 1.807) is 0 Å². The van der Waals surface area contributed by atoms with E-state index in [0.29, 0.717) is 5.88 Å². The monoisotopic (exact) mass is 225 g/mol. The third-order valence-corrected chi connectivity index (χ3v) is 2.46. The Morgan fingerprint density at radius 1 is 1.13 bits per heavy atom. The van der Waals surface area contributed by atoms with Gasteiger partial charge in [-0.05, 0) is 23.5 Å². The molecule has 0 bridgehead atoms. The summed E-state index contributed by atoms with van der Waals surface area (Å²) in [6.45, 7) is 6.27. The van der Waals surface area contributed by atoms with Crippen molar-refractivity contribution in [3.63, 3.8) is 0 Å². The van der Waals surface area contributed by atoms with Gasteiger partial charge in [-0.15, -0.1) is 11.6 Å². The highest BCUT2D eigenvalue weighted by Gasteiger charge is 1.97. The molecule has 0 aliphatic heterocycles. The topological polar surface area (TPSA) is 12.0 Å². The summed E-state index contributed by atoms with van der Waals surface area (Å²) < 4.78 is 0. The molecule has 0 atom stereocenters. The van der Waals surface area contributed by atoms with Crippen LogP contribution in [0.1, 0.15) is 25.0 Å². The zero-order valence-electron chi connectivity index (χ0n) is 9.59. The first-order valence-corrected chi connectivity index (χ1v) is 6.10. The molecule has 2 heteroatoms. The van der Waals surface area contributed by atoms with Crippen LogP contribution in [-0.2, 0) is 13.0 Å². The Labute approximate surface area is 97.8 Å². The summed E-state index contributed by atoms with van der Waals surface area (Å²) in [5.74, 6) is 1.40. The van der Waals surface area contributed by atoms with Crippen LogP contribution in [0.2, 0.25) is 0 Å². The van der Waals surface area contributed by atoms with Gasteiger partial charge in [-0.2, -0.15) is 0 Å². The summed E-state index contributed by atoms with van der Waals surface area (Å²) in [5.41, 5.74) is 2.75. The van der Waals surface area contributed by atoms with E-state index in [0.717, 1.165) is 25.4 Å². The van der Waals surface area contributed by atoms with Gasteiger partial charge in [-0.1, -0.05) is 38.1 Å². The maximum atomic E-state index is 5.59. The summed E-state index contributed by atoms with van der Waals surface area (Å²) in [6, 6.07) is 8.83. The first kappa shape index (κ1) is 12.5. The second-order valence-corrected chi connectivity index (χ2v) is 4.66. The molecule has 0 unspecified atom stereocenters. The SMILES string of the molecule is CC(C)Cc1ccc(CNCCCl)cc1. The smallest absolute Gasteiger partial charge is 0.0348 e. The van der Waals surface area contributed by atoms with Crippen LogP contribution in [0.3, 0.4) is 0 Å². The lowest BCUT2D eigenvalue weighted by Gasteiger charge is -2.07. The molecule has 0 spiro atoms. The van der Waals surface area contributed by atoms with E-state index in [4.69, 9.17) is 11.6 Å². The maximum Gasteiger partial charge on any atom is 0.0348 e. The highest BCUT2D eigenvalue weighted by atomic mass is 35.5. The first-order valence-electron chi connectivity index (χ1n) is 5.57. The summed E-state index contributed by atoms with van der Waals surface area (Å²) in [6.07, 6.45) is 1.16. The highest BCUT2D eigenvalue weighted by molar-refractivity contribution is 6.18. The van der Waals surface area contributed by atoms with Crippen molar-refractivity contribution >= 4 is 11.6 Å². The predicted molar refractivity (Wildman–Crippen MR) is 67.4 cm³/mol. The Morgan fingerprint density at radius 2 is 1.73 bits per heavy atom. The van der Waals surface area contributed by atoms with Gasteiger partial charge in [0, 0.05) is 19.0 Å². The van der Waals surface area contributed by atoms with Crippen LogP contribution < -0.4 is 5.32 Å². The van der Waals surface area contributed by atoms with Gasteiger partial charge < -0.3 is 5.32 Å². The molecule has 0 saturated heterocycles. The minimum Gasteiger partial charge on any atom is -0.311 e. The fourth-order valence-electron chi connectivity index (χ4n) is 1.56. The van der Waals surface area contributed by atoms with Crippen LogP contribution in [0.15, 0.2) is 24.3 Å². The summed E-state index contributed by atoms with van der Waals surface area (Å²) >= 11 is 5.59. The molecule has 1 aromatic rings. The molecule has 0 fully saturated rings. The molecule has 0 aromatic heterocycles. The molecule has 0 amide bonds. The molecular weight excluding hydrogens is 206 g/mol. The fraction of sp³-hybridized carbons (Fsp3) is 0.538.